The van der Waals surface area contributed by atoms with Gasteiger partial charge in [0.15, 0.2) is 0 Å². The van der Waals surface area contributed by atoms with E-state index in [4.69, 9.17) is 77.5 Å². The summed E-state index contributed by atoms with van der Waals surface area (Å²) in [4.78, 5) is 10.5. The van der Waals surface area contributed by atoms with Crippen LogP contribution in [0.2, 0.25) is 0 Å². The topological polar surface area (TPSA) is 393 Å². The van der Waals surface area contributed by atoms with Crippen LogP contribution in [0, 0.1) is 0 Å². The van der Waals surface area contributed by atoms with Crippen LogP contribution in [0.1, 0.15) is 0 Å². The van der Waals surface area contributed by atoms with E-state index in [0.29, 0.717) is 0 Å². The van der Waals surface area contributed by atoms with Crippen LogP contribution in [-0.2, 0) is 0 Å². The molecule has 18 nitrogen and oxygen atoms in total. The molecule has 0 aromatic carbocycles. The molecule has 0 radical (unpaired) electrons. The zero-order valence-corrected chi connectivity index (χ0v) is 61.3. The third-order valence-electron chi connectivity index (χ3n) is 0.687. The van der Waals surface area contributed by atoms with Crippen molar-refractivity contribution in [3.63, 3.8) is 0 Å². The van der Waals surface area contributed by atoms with E-state index >= 15 is 0 Å². The maximum atomic E-state index is 8.42. The second-order valence-electron chi connectivity index (χ2n) is 2.56. The van der Waals surface area contributed by atoms with Gasteiger partial charge in [-0.2, -0.15) is 15.0 Å². The summed E-state index contributed by atoms with van der Waals surface area (Å²) in [5.74, 6) is 0.125. The summed E-state index contributed by atoms with van der Waals surface area (Å²) in [6.07, 6.45) is 0. The predicted octanol–water partition coefficient (Wildman–Crippen LogP) is -53.1. The first-order valence-corrected chi connectivity index (χ1v) is 5.04. The summed E-state index contributed by atoms with van der Waals surface area (Å²) >= 11 is 0. The SMILES string of the molecule is Nc1nc(N)nc(N)n1.[K+].[K+].[K+].[K+].[K+].[K+].[K+].[K+].[K+].[K+].[K+].[K+].[O-]B([O-])[O-].[O-]B([O-])[O-].[O-]B([O-])[O-].[O-]B([O-])[O-]. The number of anilines is 3. The first-order chi connectivity index (χ1) is 11.1. The van der Waals surface area contributed by atoms with Crippen molar-refractivity contribution in [2.45, 2.75) is 0 Å². The van der Waals surface area contributed by atoms with Gasteiger partial charge in [-0.1, -0.05) is 0 Å². The average molecular weight is 831 g/mol. The number of hydrogen-bond acceptors (Lipinski definition) is 18. The monoisotopic (exact) mass is 830 g/mol. The van der Waals surface area contributed by atoms with E-state index in [-0.39, 0.29) is 634 Å². The van der Waals surface area contributed by atoms with Gasteiger partial charge in [0.25, 0.3) is 0 Å². The van der Waals surface area contributed by atoms with Gasteiger partial charge in [-0.3, -0.25) is 29.3 Å². The van der Waals surface area contributed by atoms with Crippen LogP contribution in [0.4, 0.5) is 17.8 Å². The number of nitrogens with zero attached hydrogens (tertiary/aromatic N) is 3. The summed E-state index contributed by atoms with van der Waals surface area (Å²) in [7, 11) is -11.7. The van der Waals surface area contributed by atoms with Crippen molar-refractivity contribution in [3.05, 3.63) is 0 Å². The van der Waals surface area contributed by atoms with Gasteiger partial charge in [-0.15, -0.1) is 0 Å². The molecule has 34 heteroatoms. The zero-order valence-electron chi connectivity index (χ0n) is 23.8. The molecule has 1 aromatic heterocycles. The molecule has 0 bridgehead atoms. The molecular formula is C3H6B4K12N6O12. The Kier molecular flexibility index (Phi) is 245. The van der Waals surface area contributed by atoms with Gasteiger partial charge in [-0.05, 0) is 0 Å². The van der Waals surface area contributed by atoms with Crippen LogP contribution < -0.4 is 694 Å². The van der Waals surface area contributed by atoms with Crippen molar-refractivity contribution >= 4 is 47.1 Å². The third-order valence-corrected chi connectivity index (χ3v) is 0.687. The Hall–Kier alpha value is 17.8. The Morgan fingerprint density at radius 2 is 0.351 bits per heavy atom. The number of hydrogen-bond donors (Lipinski definition) is 3. The molecule has 0 saturated carbocycles. The molecule has 0 aliphatic rings. The fourth-order valence-electron chi connectivity index (χ4n) is 0.427. The largest absolute Gasteiger partial charge is 1.00 e. The summed E-state index contributed by atoms with van der Waals surface area (Å²) < 4.78 is 0. The van der Waals surface area contributed by atoms with Crippen LogP contribution in [0.5, 0.6) is 0 Å². The summed E-state index contributed by atoms with van der Waals surface area (Å²) in [6, 6.07) is 0. The number of aromatic nitrogens is 3. The second-order valence-corrected chi connectivity index (χ2v) is 2.56. The van der Waals surface area contributed by atoms with Gasteiger partial charge in [0.05, 0.1) is 0 Å². The van der Waals surface area contributed by atoms with E-state index in [0.717, 1.165) is 0 Å². The van der Waals surface area contributed by atoms with Crippen molar-refractivity contribution in [1.29, 1.82) is 0 Å². The minimum absolute atomic E-state index is 0. The van der Waals surface area contributed by atoms with Gasteiger partial charge in [-0.25, -0.2) is 0 Å². The van der Waals surface area contributed by atoms with Crippen LogP contribution in [0.15, 0.2) is 0 Å². The molecule has 0 aliphatic carbocycles. The second kappa shape index (κ2) is 85.9. The maximum absolute atomic E-state index is 8.42. The molecule has 6 N–H and O–H groups in total. The van der Waals surface area contributed by atoms with Crippen LogP contribution >= 0.6 is 0 Å². The normalized spacial score (nSPS) is 5.19. The molecule has 144 valence electrons. The predicted molar refractivity (Wildman–Crippen MR) is 56.1 cm³/mol. The molecule has 0 atom stereocenters. The molecule has 0 amide bonds. The number of nitrogens with two attached hydrogens (primary N) is 3. The molecule has 0 aliphatic heterocycles. The van der Waals surface area contributed by atoms with Gasteiger partial charge in [0.2, 0.25) is 17.8 Å². The van der Waals surface area contributed by atoms with E-state index in [1.54, 1.807) is 0 Å². The molecule has 1 heterocycles. The van der Waals surface area contributed by atoms with Gasteiger partial charge in [0.1, 0.15) is 0 Å². The number of nitrogen functional groups attached to an aromatic ring is 3. The molecule has 0 fully saturated rings. The molecule has 0 saturated heterocycles. The maximum Gasteiger partial charge on any atom is 1.00 e. The number of rotatable bonds is 0. The average Bonchev–Trinajstić information content (AvgIpc) is 2.22. The van der Waals surface area contributed by atoms with Crippen LogP contribution in [0.25, 0.3) is 0 Å². The molecular weight excluding hydrogens is 824 g/mol. The fraction of sp³-hybridized carbons (Fsp3) is 0. The molecule has 1 rings (SSSR count). The van der Waals surface area contributed by atoms with Crippen molar-refractivity contribution in [1.82, 2.24) is 15.0 Å². The van der Waals surface area contributed by atoms with E-state index in [1.807, 2.05) is 0 Å². The van der Waals surface area contributed by atoms with Crippen molar-refractivity contribution in [2.75, 3.05) is 17.2 Å². The van der Waals surface area contributed by atoms with Crippen molar-refractivity contribution in [2.24, 2.45) is 0 Å². The van der Waals surface area contributed by atoms with Gasteiger partial charge >= 0.3 is 617 Å². The fourth-order valence-corrected chi connectivity index (χ4v) is 0.427. The first kappa shape index (κ1) is 105. The summed E-state index contributed by atoms with van der Waals surface area (Å²) in [5, 5.41) is 101. The van der Waals surface area contributed by atoms with Gasteiger partial charge in [0, 0.05) is 0 Å². The molecule has 1 aromatic rings. The zero-order chi connectivity index (χ0) is 21.2. The third kappa shape index (κ3) is 163. The van der Waals surface area contributed by atoms with E-state index in [9.17, 15) is 0 Å². The molecule has 0 spiro atoms. The van der Waals surface area contributed by atoms with Crippen LogP contribution in [-0.4, -0.2) is 44.2 Å². The molecule has 37 heavy (non-hydrogen) atoms. The standard InChI is InChI=1S/C3H6N6.4BO3.12K/c4-1-7-2(5)9-3(6)8-1;4*2-1(3)4;;;;;;;;;;;;/h(H6,4,5,6,7,8,9);;;;;;;;;;;;;;;;/q;4*-3;12*+1. The first-order valence-electron chi connectivity index (χ1n) is 5.04. The Labute approximate surface area is 727 Å². The summed E-state index contributed by atoms with van der Waals surface area (Å²) in [5.41, 5.74) is 15.4. The Bertz CT molecular complexity index is 349. The molecule has 0 unspecified atom stereocenters. The Morgan fingerprint density at radius 1 is 0.297 bits per heavy atom. The van der Waals surface area contributed by atoms with E-state index in [2.05, 4.69) is 15.0 Å². The van der Waals surface area contributed by atoms with E-state index < -0.39 is 29.3 Å². The Morgan fingerprint density at radius 3 is 0.405 bits per heavy atom. The summed E-state index contributed by atoms with van der Waals surface area (Å²) in [6.45, 7) is 0. The smallest absolute Gasteiger partial charge is 0.907 e. The minimum Gasteiger partial charge on any atom is -0.907 e. The van der Waals surface area contributed by atoms with Crippen molar-refractivity contribution < 1.29 is 677 Å². The van der Waals surface area contributed by atoms with Gasteiger partial charge < -0.3 is 77.5 Å². The van der Waals surface area contributed by atoms with Crippen LogP contribution in [0.3, 0.4) is 0 Å². The Balaban J connectivity index is -0.0000000103. The van der Waals surface area contributed by atoms with Crippen molar-refractivity contribution in [3.8, 4) is 0 Å². The quantitative estimate of drug-likeness (QED) is 0.204. The minimum atomic E-state index is -2.92. The van der Waals surface area contributed by atoms with E-state index in [1.165, 1.54) is 0 Å².